The molecule has 0 heterocycles. The summed E-state index contributed by atoms with van der Waals surface area (Å²) in [6.07, 6.45) is 0.0465. The fourth-order valence-electron chi connectivity index (χ4n) is 2.17. The van der Waals surface area contributed by atoms with Crippen LogP contribution in [0.4, 0.5) is 17.1 Å². The average Bonchev–Trinajstić information content (AvgIpc) is 2.63. The fraction of sp³-hybridized carbons (Fsp3) is 0.176. The van der Waals surface area contributed by atoms with Crippen LogP contribution in [0.25, 0.3) is 0 Å². The lowest BCUT2D eigenvalue weighted by atomic mass is 10.2. The number of rotatable bonds is 7. The SMILES string of the molecule is COC(=O)c1ccc(Cl)c(NC(=O)CCNc2ccccc2[N+](=O)[O-])c1. The first-order chi connectivity index (χ1) is 12.4. The van der Waals surface area contributed by atoms with Crippen molar-refractivity contribution in [2.45, 2.75) is 6.42 Å². The number of amides is 1. The zero-order chi connectivity index (χ0) is 19.1. The summed E-state index contributed by atoms with van der Waals surface area (Å²) in [6.45, 7) is 0.186. The first-order valence-electron chi connectivity index (χ1n) is 7.57. The van der Waals surface area contributed by atoms with Gasteiger partial charge >= 0.3 is 5.97 Å². The van der Waals surface area contributed by atoms with Crippen molar-refractivity contribution >= 4 is 40.5 Å². The number of carbonyl (C=O) groups excluding carboxylic acids is 2. The summed E-state index contributed by atoms with van der Waals surface area (Å²) in [5.74, 6) is -0.907. The van der Waals surface area contributed by atoms with Gasteiger partial charge in [-0.15, -0.1) is 0 Å². The highest BCUT2D eigenvalue weighted by molar-refractivity contribution is 6.33. The molecule has 0 bridgehead atoms. The third-order valence-electron chi connectivity index (χ3n) is 3.43. The Bertz CT molecular complexity index is 841. The number of nitro benzene ring substituents is 1. The van der Waals surface area contributed by atoms with Crippen molar-refractivity contribution in [1.29, 1.82) is 0 Å². The molecule has 0 radical (unpaired) electrons. The van der Waals surface area contributed by atoms with E-state index in [1.165, 1.54) is 31.4 Å². The molecular weight excluding hydrogens is 362 g/mol. The molecular formula is C17H16ClN3O5. The minimum atomic E-state index is -0.546. The van der Waals surface area contributed by atoms with Crippen LogP contribution in [0.3, 0.4) is 0 Å². The summed E-state index contributed by atoms with van der Waals surface area (Å²) >= 11 is 6.02. The lowest BCUT2D eigenvalue weighted by molar-refractivity contribution is -0.384. The lowest BCUT2D eigenvalue weighted by Crippen LogP contribution is -2.17. The minimum Gasteiger partial charge on any atom is -0.465 e. The zero-order valence-electron chi connectivity index (χ0n) is 13.8. The molecule has 136 valence electrons. The Hall–Kier alpha value is -3.13. The molecule has 8 nitrogen and oxygen atoms in total. The van der Waals surface area contributed by atoms with E-state index in [9.17, 15) is 19.7 Å². The summed E-state index contributed by atoms with van der Waals surface area (Å²) in [5.41, 5.74) is 0.799. The molecule has 0 aliphatic rings. The number of nitrogens with one attached hydrogen (secondary N) is 2. The molecule has 0 atom stereocenters. The molecule has 0 unspecified atom stereocenters. The molecule has 0 fully saturated rings. The van der Waals surface area contributed by atoms with E-state index in [1.807, 2.05) is 0 Å². The second-order valence-electron chi connectivity index (χ2n) is 5.19. The van der Waals surface area contributed by atoms with Crippen LogP contribution in [0, 0.1) is 10.1 Å². The van der Waals surface area contributed by atoms with Gasteiger partial charge in [-0.05, 0) is 24.3 Å². The predicted molar refractivity (Wildman–Crippen MR) is 97.6 cm³/mol. The maximum Gasteiger partial charge on any atom is 0.337 e. The number of para-hydroxylation sites is 2. The van der Waals surface area contributed by atoms with Crippen LogP contribution in [-0.4, -0.2) is 30.5 Å². The van der Waals surface area contributed by atoms with E-state index in [2.05, 4.69) is 15.4 Å². The summed E-state index contributed by atoms with van der Waals surface area (Å²) in [4.78, 5) is 34.0. The van der Waals surface area contributed by atoms with Crippen molar-refractivity contribution in [2.75, 3.05) is 24.3 Å². The number of ether oxygens (including phenoxy) is 1. The van der Waals surface area contributed by atoms with Gasteiger partial charge < -0.3 is 15.4 Å². The number of methoxy groups -OCH3 is 1. The second-order valence-corrected chi connectivity index (χ2v) is 5.59. The summed E-state index contributed by atoms with van der Waals surface area (Å²) in [6, 6.07) is 10.5. The highest BCUT2D eigenvalue weighted by atomic mass is 35.5. The Kier molecular flexibility index (Phi) is 6.51. The number of nitro groups is 1. The molecule has 26 heavy (non-hydrogen) atoms. The molecule has 0 saturated heterocycles. The highest BCUT2D eigenvalue weighted by Crippen LogP contribution is 2.24. The van der Waals surface area contributed by atoms with E-state index in [0.717, 1.165) is 0 Å². The molecule has 0 aliphatic carbocycles. The number of carbonyl (C=O) groups is 2. The van der Waals surface area contributed by atoms with Crippen LogP contribution < -0.4 is 10.6 Å². The van der Waals surface area contributed by atoms with Crippen molar-refractivity contribution in [1.82, 2.24) is 0 Å². The number of benzene rings is 2. The largest absolute Gasteiger partial charge is 0.465 e. The van der Waals surface area contributed by atoms with Crippen molar-refractivity contribution in [3.05, 3.63) is 63.2 Å². The van der Waals surface area contributed by atoms with Gasteiger partial charge in [0.15, 0.2) is 0 Å². The molecule has 2 aromatic rings. The van der Waals surface area contributed by atoms with Gasteiger partial charge in [0.05, 0.1) is 28.3 Å². The van der Waals surface area contributed by atoms with Gasteiger partial charge in [-0.3, -0.25) is 14.9 Å². The van der Waals surface area contributed by atoms with Gasteiger partial charge in [-0.25, -0.2) is 4.79 Å². The molecule has 2 N–H and O–H groups in total. The fourth-order valence-corrected chi connectivity index (χ4v) is 2.34. The summed E-state index contributed by atoms with van der Waals surface area (Å²) in [5, 5.41) is 16.7. The van der Waals surface area contributed by atoms with Crippen molar-refractivity contribution in [2.24, 2.45) is 0 Å². The number of hydrogen-bond donors (Lipinski definition) is 2. The van der Waals surface area contributed by atoms with E-state index in [1.54, 1.807) is 18.2 Å². The quantitative estimate of drug-likeness (QED) is 0.434. The van der Waals surface area contributed by atoms with Crippen LogP contribution >= 0.6 is 11.6 Å². The van der Waals surface area contributed by atoms with Crippen molar-refractivity contribution in [3.8, 4) is 0 Å². The average molecular weight is 378 g/mol. The topological polar surface area (TPSA) is 111 Å². The van der Waals surface area contributed by atoms with E-state index in [-0.39, 0.29) is 40.8 Å². The molecule has 2 rings (SSSR count). The van der Waals surface area contributed by atoms with Gasteiger partial charge in [0.2, 0.25) is 5.91 Å². The summed E-state index contributed by atoms with van der Waals surface area (Å²) < 4.78 is 4.62. The predicted octanol–water partition coefficient (Wildman–Crippen LogP) is 3.48. The Morgan fingerprint density at radius 3 is 2.62 bits per heavy atom. The Labute approximate surface area is 154 Å². The van der Waals surface area contributed by atoms with Crippen LogP contribution in [0.2, 0.25) is 5.02 Å². The normalized spacial score (nSPS) is 10.1. The van der Waals surface area contributed by atoms with Crippen molar-refractivity contribution < 1.29 is 19.2 Å². The molecule has 0 aromatic heterocycles. The van der Waals surface area contributed by atoms with Crippen LogP contribution in [-0.2, 0) is 9.53 Å². The summed E-state index contributed by atoms with van der Waals surface area (Å²) in [7, 11) is 1.25. The number of halogens is 1. The maximum absolute atomic E-state index is 12.1. The standard InChI is InChI=1S/C17H16ClN3O5/c1-26-17(23)11-6-7-12(18)14(10-11)20-16(22)8-9-19-13-4-2-3-5-15(13)21(24)25/h2-7,10,19H,8-9H2,1H3,(H,20,22). The first kappa shape index (κ1) is 19.2. The molecule has 2 aromatic carbocycles. The van der Waals surface area contributed by atoms with Gasteiger partial charge in [0.1, 0.15) is 5.69 Å². The maximum atomic E-state index is 12.1. The lowest BCUT2D eigenvalue weighted by Gasteiger charge is -2.10. The van der Waals surface area contributed by atoms with Gasteiger partial charge in [0.25, 0.3) is 5.69 Å². The Morgan fingerprint density at radius 1 is 1.19 bits per heavy atom. The number of hydrogen-bond acceptors (Lipinski definition) is 6. The molecule has 0 saturated carbocycles. The molecule has 9 heteroatoms. The zero-order valence-corrected chi connectivity index (χ0v) is 14.6. The van der Waals surface area contributed by atoms with Crippen LogP contribution in [0.1, 0.15) is 16.8 Å². The Balaban J connectivity index is 1.96. The van der Waals surface area contributed by atoms with Gasteiger partial charge in [-0.1, -0.05) is 23.7 Å². The Morgan fingerprint density at radius 2 is 1.92 bits per heavy atom. The third kappa shape index (κ3) is 4.93. The van der Waals surface area contributed by atoms with E-state index in [0.29, 0.717) is 5.69 Å². The van der Waals surface area contributed by atoms with Crippen LogP contribution in [0.5, 0.6) is 0 Å². The molecule has 1 amide bonds. The first-order valence-corrected chi connectivity index (χ1v) is 7.95. The van der Waals surface area contributed by atoms with E-state index >= 15 is 0 Å². The van der Waals surface area contributed by atoms with E-state index < -0.39 is 10.9 Å². The number of esters is 1. The van der Waals surface area contributed by atoms with Gasteiger partial charge in [-0.2, -0.15) is 0 Å². The molecule has 0 aliphatic heterocycles. The smallest absolute Gasteiger partial charge is 0.337 e. The number of nitrogens with zero attached hydrogens (tertiary/aromatic N) is 1. The van der Waals surface area contributed by atoms with Crippen LogP contribution in [0.15, 0.2) is 42.5 Å². The monoisotopic (exact) mass is 377 g/mol. The third-order valence-corrected chi connectivity index (χ3v) is 3.76. The van der Waals surface area contributed by atoms with Crippen molar-refractivity contribution in [3.63, 3.8) is 0 Å². The minimum absolute atomic E-state index is 0.0465. The highest BCUT2D eigenvalue weighted by Gasteiger charge is 2.13. The number of anilines is 2. The second kappa shape index (κ2) is 8.82. The van der Waals surface area contributed by atoms with Gasteiger partial charge in [0, 0.05) is 19.0 Å². The molecule has 0 spiro atoms. The van der Waals surface area contributed by atoms with E-state index in [4.69, 9.17) is 11.6 Å².